The number of nitrogens with zero attached hydrogens (tertiary/aromatic N) is 1. The lowest BCUT2D eigenvalue weighted by atomic mass is 9.96. The molecule has 0 aliphatic carbocycles. The first-order chi connectivity index (χ1) is 10.6. The van der Waals surface area contributed by atoms with Crippen LogP contribution in [0.3, 0.4) is 0 Å². The number of fused-ring (bicyclic) bond motifs is 2. The van der Waals surface area contributed by atoms with Gasteiger partial charge in [0, 0.05) is 28.9 Å². The van der Waals surface area contributed by atoms with E-state index in [-0.39, 0.29) is 11.8 Å². The number of likely N-dealkylation sites (N-methyl/N-ethyl adjacent to an activating group) is 1. The van der Waals surface area contributed by atoms with E-state index in [0.29, 0.717) is 21.7 Å². The topological polar surface area (TPSA) is 49.4 Å². The second-order valence-corrected chi connectivity index (χ2v) is 5.71. The lowest BCUT2D eigenvalue weighted by Gasteiger charge is -2.08. The van der Waals surface area contributed by atoms with Crippen molar-refractivity contribution in [2.45, 2.75) is 0 Å². The van der Waals surface area contributed by atoms with E-state index >= 15 is 0 Å². The van der Waals surface area contributed by atoms with Crippen molar-refractivity contribution >= 4 is 45.9 Å². The Labute approximate surface area is 132 Å². The van der Waals surface area contributed by atoms with Crippen molar-refractivity contribution in [2.75, 3.05) is 17.3 Å². The van der Waals surface area contributed by atoms with Gasteiger partial charge in [-0.25, -0.2) is 0 Å². The van der Waals surface area contributed by atoms with Crippen LogP contribution in [0, 0.1) is 0 Å². The maximum Gasteiger partial charge on any atom is 0.259 e. The number of halogens is 1. The largest absolute Gasteiger partial charge is 0.321 e. The molecule has 2 aromatic rings. The van der Waals surface area contributed by atoms with Gasteiger partial charge in [-0.15, -0.1) is 0 Å². The van der Waals surface area contributed by atoms with E-state index in [1.807, 2.05) is 24.3 Å². The van der Waals surface area contributed by atoms with Crippen LogP contribution in [0.2, 0.25) is 5.02 Å². The number of carbonyl (C=O) groups excluding carboxylic acids is 2. The van der Waals surface area contributed by atoms with Crippen molar-refractivity contribution in [2.24, 2.45) is 0 Å². The Kier molecular flexibility index (Phi) is 2.65. The Morgan fingerprint density at radius 3 is 2.59 bits per heavy atom. The van der Waals surface area contributed by atoms with Crippen LogP contribution in [0.4, 0.5) is 11.4 Å². The van der Waals surface area contributed by atoms with Gasteiger partial charge < -0.3 is 10.2 Å². The number of rotatable bonds is 0. The normalized spacial score (nSPS) is 19.3. The van der Waals surface area contributed by atoms with Crippen LogP contribution in [-0.2, 0) is 9.59 Å². The molecule has 5 heteroatoms. The van der Waals surface area contributed by atoms with Gasteiger partial charge in [-0.05, 0) is 24.3 Å². The number of para-hydroxylation sites is 1. The first-order valence-corrected chi connectivity index (χ1v) is 7.19. The zero-order valence-electron chi connectivity index (χ0n) is 11.7. The van der Waals surface area contributed by atoms with Crippen LogP contribution in [0.1, 0.15) is 11.1 Å². The van der Waals surface area contributed by atoms with Gasteiger partial charge in [-0.1, -0.05) is 29.8 Å². The summed E-state index contributed by atoms with van der Waals surface area (Å²) in [7, 11) is 1.70. The molecule has 2 aliphatic heterocycles. The number of amides is 2. The van der Waals surface area contributed by atoms with Gasteiger partial charge in [0.15, 0.2) is 0 Å². The average Bonchev–Trinajstić information content (AvgIpc) is 2.94. The minimum Gasteiger partial charge on any atom is -0.321 e. The molecule has 2 amide bonds. The number of hydrogen-bond acceptors (Lipinski definition) is 2. The number of benzene rings is 2. The number of anilines is 2. The molecular weight excluding hydrogens is 300 g/mol. The molecule has 2 aromatic carbocycles. The van der Waals surface area contributed by atoms with Crippen LogP contribution in [0.5, 0.6) is 0 Å². The van der Waals surface area contributed by atoms with Gasteiger partial charge in [0.05, 0.1) is 16.8 Å². The molecule has 1 N–H and O–H groups in total. The highest BCUT2D eigenvalue weighted by atomic mass is 35.5. The Balaban J connectivity index is 2.06. The molecule has 0 spiro atoms. The van der Waals surface area contributed by atoms with Crippen LogP contribution in [-0.4, -0.2) is 18.9 Å². The molecular formula is C17H11ClN2O2. The van der Waals surface area contributed by atoms with E-state index in [0.717, 1.165) is 16.9 Å². The van der Waals surface area contributed by atoms with E-state index in [1.165, 1.54) is 0 Å². The average molecular weight is 311 g/mol. The van der Waals surface area contributed by atoms with Crippen LogP contribution in [0.15, 0.2) is 42.5 Å². The summed E-state index contributed by atoms with van der Waals surface area (Å²) in [5.41, 5.74) is 3.74. The van der Waals surface area contributed by atoms with Crippen molar-refractivity contribution < 1.29 is 9.59 Å². The van der Waals surface area contributed by atoms with E-state index in [9.17, 15) is 9.59 Å². The monoisotopic (exact) mass is 310 g/mol. The Morgan fingerprint density at radius 2 is 1.77 bits per heavy atom. The highest BCUT2D eigenvalue weighted by molar-refractivity contribution is 6.49. The molecule has 0 saturated heterocycles. The molecule has 0 saturated carbocycles. The zero-order chi connectivity index (χ0) is 15.4. The summed E-state index contributed by atoms with van der Waals surface area (Å²) >= 11 is 6.07. The van der Waals surface area contributed by atoms with E-state index < -0.39 is 0 Å². The minimum atomic E-state index is -0.259. The first kappa shape index (κ1) is 13.1. The molecule has 0 bridgehead atoms. The lowest BCUT2D eigenvalue weighted by molar-refractivity contribution is -0.113. The summed E-state index contributed by atoms with van der Waals surface area (Å²) < 4.78 is 0. The third-order valence-electron chi connectivity index (χ3n) is 4.03. The highest BCUT2D eigenvalue weighted by Crippen LogP contribution is 2.44. The molecule has 0 fully saturated rings. The summed E-state index contributed by atoms with van der Waals surface area (Å²) in [5, 5.41) is 3.34. The Morgan fingerprint density at radius 1 is 1.00 bits per heavy atom. The molecule has 2 aliphatic rings. The van der Waals surface area contributed by atoms with Gasteiger partial charge in [-0.3, -0.25) is 9.59 Å². The molecule has 0 radical (unpaired) electrons. The SMILES string of the molecule is CN1C(=O)/C(=C2/C(=O)Nc3ccccc32)c2cc(Cl)ccc21. The van der Waals surface area contributed by atoms with E-state index in [2.05, 4.69) is 5.32 Å². The third kappa shape index (κ3) is 1.64. The fourth-order valence-electron chi connectivity index (χ4n) is 3.00. The summed E-state index contributed by atoms with van der Waals surface area (Å²) in [4.78, 5) is 26.6. The molecule has 0 aromatic heterocycles. The molecule has 4 rings (SSSR count). The number of hydrogen-bond donors (Lipinski definition) is 1. The van der Waals surface area contributed by atoms with Gasteiger partial charge in [0.2, 0.25) is 0 Å². The van der Waals surface area contributed by atoms with E-state index in [1.54, 1.807) is 30.1 Å². The minimum absolute atomic E-state index is 0.195. The van der Waals surface area contributed by atoms with Gasteiger partial charge in [-0.2, -0.15) is 0 Å². The van der Waals surface area contributed by atoms with Crippen molar-refractivity contribution in [3.63, 3.8) is 0 Å². The smallest absolute Gasteiger partial charge is 0.259 e. The molecule has 4 nitrogen and oxygen atoms in total. The molecule has 0 unspecified atom stereocenters. The number of nitrogens with one attached hydrogen (secondary N) is 1. The predicted molar refractivity (Wildman–Crippen MR) is 86.7 cm³/mol. The third-order valence-corrected chi connectivity index (χ3v) is 4.26. The molecule has 22 heavy (non-hydrogen) atoms. The van der Waals surface area contributed by atoms with Crippen LogP contribution in [0.25, 0.3) is 11.1 Å². The van der Waals surface area contributed by atoms with Gasteiger partial charge in [0.25, 0.3) is 11.8 Å². The lowest BCUT2D eigenvalue weighted by Crippen LogP contribution is -2.21. The van der Waals surface area contributed by atoms with Gasteiger partial charge in [0.1, 0.15) is 0 Å². The molecule has 0 atom stereocenters. The quantitative estimate of drug-likeness (QED) is 0.760. The summed E-state index contributed by atoms with van der Waals surface area (Å²) in [6.07, 6.45) is 0. The van der Waals surface area contributed by atoms with Crippen LogP contribution < -0.4 is 10.2 Å². The number of carbonyl (C=O) groups is 2. The maximum absolute atomic E-state index is 12.7. The van der Waals surface area contributed by atoms with Crippen molar-refractivity contribution in [3.8, 4) is 0 Å². The van der Waals surface area contributed by atoms with Crippen molar-refractivity contribution in [1.82, 2.24) is 0 Å². The van der Waals surface area contributed by atoms with Crippen molar-refractivity contribution in [3.05, 3.63) is 58.6 Å². The standard InChI is InChI=1S/C17H11ClN2O2/c1-20-13-7-6-9(18)8-11(13)15(17(20)22)14-10-4-2-3-5-12(10)19-16(14)21/h2-8H,1H3,(H,19,21)/b15-14+. The fourth-order valence-corrected chi connectivity index (χ4v) is 3.17. The molecule has 108 valence electrons. The molecule has 2 heterocycles. The van der Waals surface area contributed by atoms with E-state index in [4.69, 9.17) is 11.6 Å². The Bertz CT molecular complexity index is 886. The zero-order valence-corrected chi connectivity index (χ0v) is 12.4. The summed E-state index contributed by atoms with van der Waals surface area (Å²) in [6.45, 7) is 0. The maximum atomic E-state index is 12.7. The highest BCUT2D eigenvalue weighted by Gasteiger charge is 2.37. The fraction of sp³-hybridized carbons (Fsp3) is 0.0588. The summed E-state index contributed by atoms with van der Waals surface area (Å²) in [6, 6.07) is 12.6. The second kappa shape index (κ2) is 4.45. The Hall–Kier alpha value is -2.59. The predicted octanol–water partition coefficient (Wildman–Crippen LogP) is 3.18. The van der Waals surface area contributed by atoms with Crippen LogP contribution >= 0.6 is 11.6 Å². The first-order valence-electron chi connectivity index (χ1n) is 6.81. The second-order valence-electron chi connectivity index (χ2n) is 5.28. The van der Waals surface area contributed by atoms with Gasteiger partial charge >= 0.3 is 0 Å². The van der Waals surface area contributed by atoms with Crippen molar-refractivity contribution in [1.29, 1.82) is 0 Å². The summed E-state index contributed by atoms with van der Waals surface area (Å²) in [5.74, 6) is -0.454.